The maximum absolute atomic E-state index is 9.73. The zero-order valence-electron chi connectivity index (χ0n) is 17.1. The quantitative estimate of drug-likeness (QED) is 0.186. The number of halogens is 1. The van der Waals surface area contributed by atoms with Crippen LogP contribution in [0.15, 0.2) is 59.6 Å². The molecule has 2 aromatic rings. The largest absolute Gasteiger partial charge is 0.491 e. The lowest BCUT2D eigenvalue weighted by Gasteiger charge is -2.18. The van der Waals surface area contributed by atoms with Gasteiger partial charge in [-0.15, -0.1) is 24.0 Å². The van der Waals surface area contributed by atoms with Crippen molar-refractivity contribution in [3.63, 3.8) is 0 Å². The summed E-state index contributed by atoms with van der Waals surface area (Å²) in [7, 11) is 1.66. The Morgan fingerprint density at radius 3 is 2.55 bits per heavy atom. The molecule has 2 rings (SSSR count). The Balaban J connectivity index is 0.00000420. The lowest BCUT2D eigenvalue weighted by molar-refractivity contribution is 0.146. The summed E-state index contributed by atoms with van der Waals surface area (Å²) in [5.41, 5.74) is 2.17. The summed E-state index contributed by atoms with van der Waals surface area (Å²) < 4.78 is 10.7. The molecule has 3 N–H and O–H groups in total. The van der Waals surface area contributed by atoms with E-state index in [1.807, 2.05) is 61.5 Å². The SMILES string of the molecule is CCNC(=NCc1cccc(OCCOC)c1)NCC(CO)c1ccccc1.I. The summed E-state index contributed by atoms with van der Waals surface area (Å²) in [6.45, 7) is 5.10. The van der Waals surface area contributed by atoms with E-state index in [9.17, 15) is 5.11 Å². The molecule has 0 radical (unpaired) electrons. The van der Waals surface area contributed by atoms with Crippen LogP contribution in [0.5, 0.6) is 5.75 Å². The molecule has 0 bridgehead atoms. The first-order valence-electron chi connectivity index (χ1n) is 9.65. The Hall–Kier alpha value is -1.84. The third kappa shape index (κ3) is 9.47. The lowest BCUT2D eigenvalue weighted by Crippen LogP contribution is -2.39. The van der Waals surface area contributed by atoms with Crippen molar-refractivity contribution in [1.29, 1.82) is 0 Å². The van der Waals surface area contributed by atoms with E-state index in [1.165, 1.54) is 0 Å². The van der Waals surface area contributed by atoms with E-state index in [-0.39, 0.29) is 36.5 Å². The third-order valence-corrected chi connectivity index (χ3v) is 4.23. The van der Waals surface area contributed by atoms with E-state index in [4.69, 9.17) is 9.47 Å². The van der Waals surface area contributed by atoms with Crippen molar-refractivity contribution < 1.29 is 14.6 Å². The number of aliphatic imine (C=N–C) groups is 1. The minimum Gasteiger partial charge on any atom is -0.491 e. The minimum absolute atomic E-state index is 0. The first kappa shape index (κ1) is 25.2. The molecule has 2 aromatic carbocycles. The van der Waals surface area contributed by atoms with E-state index < -0.39 is 0 Å². The van der Waals surface area contributed by atoms with Gasteiger partial charge >= 0.3 is 0 Å². The van der Waals surface area contributed by atoms with Crippen LogP contribution in [-0.2, 0) is 11.3 Å². The van der Waals surface area contributed by atoms with Gasteiger partial charge in [0.2, 0.25) is 0 Å². The molecule has 0 spiro atoms. The maximum Gasteiger partial charge on any atom is 0.191 e. The molecule has 0 aliphatic carbocycles. The summed E-state index contributed by atoms with van der Waals surface area (Å²) in [5.74, 6) is 1.55. The van der Waals surface area contributed by atoms with Gasteiger partial charge in [-0.1, -0.05) is 42.5 Å². The molecule has 160 valence electrons. The van der Waals surface area contributed by atoms with Crippen LogP contribution in [0.4, 0.5) is 0 Å². The molecule has 0 aliphatic heterocycles. The van der Waals surface area contributed by atoms with Crippen LogP contribution in [0.3, 0.4) is 0 Å². The van der Waals surface area contributed by atoms with Crippen molar-refractivity contribution in [2.45, 2.75) is 19.4 Å². The average Bonchev–Trinajstić information content (AvgIpc) is 2.73. The number of guanidine groups is 1. The smallest absolute Gasteiger partial charge is 0.191 e. The molecule has 0 aliphatic rings. The van der Waals surface area contributed by atoms with Crippen LogP contribution in [0.2, 0.25) is 0 Å². The number of methoxy groups -OCH3 is 1. The molecule has 1 unspecified atom stereocenters. The van der Waals surface area contributed by atoms with Gasteiger partial charge in [-0.2, -0.15) is 0 Å². The van der Waals surface area contributed by atoms with Crippen molar-refractivity contribution in [1.82, 2.24) is 10.6 Å². The van der Waals surface area contributed by atoms with Gasteiger partial charge in [0.05, 0.1) is 19.8 Å². The fraction of sp³-hybridized carbons (Fsp3) is 0.409. The van der Waals surface area contributed by atoms with Crippen molar-refractivity contribution >= 4 is 29.9 Å². The highest BCUT2D eigenvalue weighted by molar-refractivity contribution is 14.0. The summed E-state index contributed by atoms with van der Waals surface area (Å²) in [4.78, 5) is 4.65. The van der Waals surface area contributed by atoms with Crippen LogP contribution in [-0.4, -0.2) is 51.1 Å². The van der Waals surface area contributed by atoms with Gasteiger partial charge in [0.15, 0.2) is 5.96 Å². The standard InChI is InChI=1S/C22H31N3O3.HI/c1-3-23-22(25-16-20(17-26)19-9-5-4-6-10-19)24-15-18-8-7-11-21(14-18)28-13-12-27-2;/h4-11,14,20,26H,3,12-13,15-17H2,1-2H3,(H2,23,24,25);1H. The number of nitrogens with one attached hydrogen (secondary N) is 2. The van der Waals surface area contributed by atoms with Gasteiger partial charge in [0.1, 0.15) is 12.4 Å². The normalized spacial score (nSPS) is 12.0. The first-order valence-corrected chi connectivity index (χ1v) is 9.65. The molecular formula is C22H32IN3O3. The van der Waals surface area contributed by atoms with Gasteiger partial charge in [0.25, 0.3) is 0 Å². The highest BCUT2D eigenvalue weighted by atomic mass is 127. The number of aliphatic hydroxyl groups is 1. The molecule has 0 fully saturated rings. The van der Waals surface area contributed by atoms with E-state index in [0.717, 1.165) is 29.4 Å². The van der Waals surface area contributed by atoms with E-state index in [2.05, 4.69) is 15.6 Å². The summed E-state index contributed by atoms with van der Waals surface area (Å²) in [6.07, 6.45) is 0. The molecule has 1 atom stereocenters. The Kier molecular flexibility index (Phi) is 13.1. The second kappa shape index (κ2) is 15.1. The van der Waals surface area contributed by atoms with Crippen molar-refractivity contribution in [3.05, 3.63) is 65.7 Å². The Morgan fingerprint density at radius 2 is 1.86 bits per heavy atom. The van der Waals surface area contributed by atoms with Crippen LogP contribution in [0, 0.1) is 0 Å². The van der Waals surface area contributed by atoms with Crippen LogP contribution < -0.4 is 15.4 Å². The molecule has 0 saturated heterocycles. The Bertz CT molecular complexity index is 713. The number of rotatable bonds is 11. The van der Waals surface area contributed by atoms with Crippen molar-refractivity contribution in [2.75, 3.05) is 40.0 Å². The van der Waals surface area contributed by atoms with Crippen LogP contribution in [0.25, 0.3) is 0 Å². The Morgan fingerprint density at radius 1 is 1.07 bits per heavy atom. The zero-order chi connectivity index (χ0) is 20.0. The third-order valence-electron chi connectivity index (χ3n) is 4.23. The monoisotopic (exact) mass is 513 g/mol. The second-order valence-corrected chi connectivity index (χ2v) is 6.35. The van der Waals surface area contributed by atoms with Crippen LogP contribution >= 0.6 is 24.0 Å². The van der Waals surface area contributed by atoms with Crippen molar-refractivity contribution in [2.24, 2.45) is 4.99 Å². The maximum atomic E-state index is 9.73. The molecular weight excluding hydrogens is 481 g/mol. The summed E-state index contributed by atoms with van der Waals surface area (Å²) >= 11 is 0. The number of hydrogen-bond acceptors (Lipinski definition) is 4. The fourth-order valence-corrected chi connectivity index (χ4v) is 2.72. The molecule has 0 amide bonds. The van der Waals surface area contributed by atoms with E-state index in [1.54, 1.807) is 7.11 Å². The average molecular weight is 513 g/mol. The van der Waals surface area contributed by atoms with Crippen LogP contribution in [0.1, 0.15) is 24.0 Å². The number of ether oxygens (including phenoxy) is 2. The number of benzene rings is 2. The summed E-state index contributed by atoms with van der Waals surface area (Å²) in [6, 6.07) is 17.9. The first-order chi connectivity index (χ1) is 13.8. The van der Waals surface area contributed by atoms with Gasteiger partial charge in [-0.25, -0.2) is 4.99 Å². The number of aliphatic hydroxyl groups excluding tert-OH is 1. The molecule has 0 aromatic heterocycles. The molecule has 7 heteroatoms. The number of hydrogen-bond donors (Lipinski definition) is 3. The predicted molar refractivity (Wildman–Crippen MR) is 128 cm³/mol. The second-order valence-electron chi connectivity index (χ2n) is 6.35. The molecule has 0 saturated carbocycles. The van der Waals surface area contributed by atoms with Gasteiger partial charge in [-0.05, 0) is 30.2 Å². The van der Waals surface area contributed by atoms with Gasteiger partial charge in [0, 0.05) is 26.1 Å². The van der Waals surface area contributed by atoms with Crippen molar-refractivity contribution in [3.8, 4) is 5.75 Å². The highest BCUT2D eigenvalue weighted by Gasteiger charge is 2.10. The molecule has 29 heavy (non-hydrogen) atoms. The topological polar surface area (TPSA) is 75.1 Å². The van der Waals surface area contributed by atoms with E-state index in [0.29, 0.717) is 26.3 Å². The molecule has 6 nitrogen and oxygen atoms in total. The fourth-order valence-electron chi connectivity index (χ4n) is 2.72. The molecule has 0 heterocycles. The highest BCUT2D eigenvalue weighted by Crippen LogP contribution is 2.15. The van der Waals surface area contributed by atoms with Gasteiger partial charge in [-0.3, -0.25) is 0 Å². The number of nitrogens with zero attached hydrogens (tertiary/aromatic N) is 1. The zero-order valence-corrected chi connectivity index (χ0v) is 19.5. The minimum atomic E-state index is 0. The van der Waals surface area contributed by atoms with E-state index >= 15 is 0 Å². The predicted octanol–water partition coefficient (Wildman–Crippen LogP) is 3.16. The summed E-state index contributed by atoms with van der Waals surface area (Å²) in [5, 5.41) is 16.3. The Labute approximate surface area is 190 Å². The van der Waals surface area contributed by atoms with Gasteiger partial charge < -0.3 is 25.2 Å². The lowest BCUT2D eigenvalue weighted by atomic mass is 10.0.